The molecule has 3 rings (SSSR count). The first-order valence-electron chi connectivity index (χ1n) is 5.84. The molecule has 0 atom stereocenters. The molecule has 2 aromatic rings. The number of hydrogen-bond donors (Lipinski definition) is 1. The Labute approximate surface area is 118 Å². The van der Waals surface area contributed by atoms with Crippen LogP contribution in [0.5, 0.6) is 0 Å². The number of hydrogen-bond acceptors (Lipinski definition) is 3. The van der Waals surface area contributed by atoms with Crippen LogP contribution in [0.2, 0.25) is 0 Å². The van der Waals surface area contributed by atoms with Gasteiger partial charge >= 0.3 is 0 Å². The van der Waals surface area contributed by atoms with Crippen LogP contribution in [0, 0.1) is 6.92 Å². The van der Waals surface area contributed by atoms with Crippen molar-refractivity contribution in [2.75, 3.05) is 0 Å². The maximum absolute atomic E-state index is 11.8. The van der Waals surface area contributed by atoms with Crippen molar-refractivity contribution in [3.8, 4) is 0 Å². The molecule has 0 aliphatic carbocycles. The van der Waals surface area contributed by atoms with Crippen LogP contribution in [-0.4, -0.2) is 10.9 Å². The van der Waals surface area contributed by atoms with Crippen molar-refractivity contribution in [1.82, 2.24) is 4.98 Å². The Morgan fingerprint density at radius 2 is 2.21 bits per heavy atom. The summed E-state index contributed by atoms with van der Waals surface area (Å²) in [6.07, 6.45) is 1.61. The van der Waals surface area contributed by atoms with Crippen molar-refractivity contribution in [3.63, 3.8) is 0 Å². The summed E-state index contributed by atoms with van der Waals surface area (Å²) in [5, 5.41) is 0. The molecule has 0 radical (unpaired) electrons. The number of nitrogens with one attached hydrogen (secondary N) is 1. The fourth-order valence-electron chi connectivity index (χ4n) is 2.01. The number of ether oxygens (including phenoxy) is 1. The van der Waals surface area contributed by atoms with E-state index < -0.39 is 0 Å². The summed E-state index contributed by atoms with van der Waals surface area (Å²) in [5.74, 6) is 0.489. The van der Waals surface area contributed by atoms with Gasteiger partial charge in [0.25, 0.3) is 5.56 Å². The fourth-order valence-corrected chi connectivity index (χ4v) is 2.37. The number of rotatable bonds is 1. The van der Waals surface area contributed by atoms with Gasteiger partial charge in [0.15, 0.2) is 0 Å². The topological polar surface area (TPSA) is 54.5 Å². The molecule has 1 aliphatic rings. The number of nitrogens with zero attached hydrogens (tertiary/aromatic N) is 1. The minimum absolute atomic E-state index is 0.189. The van der Waals surface area contributed by atoms with Gasteiger partial charge in [0, 0.05) is 21.8 Å². The Kier molecular flexibility index (Phi) is 2.98. The Morgan fingerprint density at radius 1 is 1.37 bits per heavy atom. The van der Waals surface area contributed by atoms with Crippen LogP contribution < -0.4 is 5.56 Å². The van der Waals surface area contributed by atoms with E-state index in [1.807, 2.05) is 31.2 Å². The number of pyridine rings is 1. The average molecular weight is 319 g/mol. The molecule has 0 unspecified atom stereocenters. The molecule has 1 aromatic carbocycles. The van der Waals surface area contributed by atoms with E-state index in [1.54, 1.807) is 6.20 Å². The second kappa shape index (κ2) is 4.66. The molecule has 19 heavy (non-hydrogen) atoms. The largest absolute Gasteiger partial charge is 0.472 e. The van der Waals surface area contributed by atoms with Crippen LogP contribution in [0.25, 0.3) is 0 Å². The van der Waals surface area contributed by atoms with Gasteiger partial charge < -0.3 is 9.72 Å². The maximum Gasteiger partial charge on any atom is 0.274 e. The molecule has 0 saturated carbocycles. The van der Waals surface area contributed by atoms with Gasteiger partial charge in [0.2, 0.25) is 5.90 Å². The monoisotopic (exact) mass is 318 g/mol. The van der Waals surface area contributed by atoms with E-state index in [4.69, 9.17) is 4.74 Å². The van der Waals surface area contributed by atoms with Gasteiger partial charge in [-0.3, -0.25) is 4.79 Å². The minimum Gasteiger partial charge on any atom is -0.472 e. The third-order valence-corrected chi connectivity index (χ3v) is 3.95. The first-order chi connectivity index (χ1) is 9.16. The zero-order valence-corrected chi connectivity index (χ0v) is 11.8. The van der Waals surface area contributed by atoms with Gasteiger partial charge in [0.05, 0.1) is 0 Å². The minimum atomic E-state index is -0.189. The lowest BCUT2D eigenvalue weighted by Crippen LogP contribution is -2.17. The predicted octanol–water partition coefficient (Wildman–Crippen LogP) is 3.05. The Hall–Kier alpha value is -1.88. The molecule has 96 valence electrons. The number of aliphatic imine (C=N–C) groups is 1. The predicted molar refractivity (Wildman–Crippen MR) is 76.9 cm³/mol. The Balaban J connectivity index is 2.16. The summed E-state index contributed by atoms with van der Waals surface area (Å²) >= 11 is 3.48. The molecule has 0 spiro atoms. The quantitative estimate of drug-likeness (QED) is 0.878. The van der Waals surface area contributed by atoms with E-state index in [1.165, 1.54) is 0 Å². The van der Waals surface area contributed by atoms with Crippen LogP contribution in [0.3, 0.4) is 0 Å². The molecule has 4 nitrogen and oxygen atoms in total. The third kappa shape index (κ3) is 2.10. The van der Waals surface area contributed by atoms with Gasteiger partial charge in [-0.1, -0.05) is 22.0 Å². The lowest BCUT2D eigenvalue weighted by Gasteiger charge is -2.17. The highest BCUT2D eigenvalue weighted by molar-refractivity contribution is 9.10. The molecule has 0 amide bonds. The smallest absolute Gasteiger partial charge is 0.274 e. The van der Waals surface area contributed by atoms with Crippen LogP contribution in [0.4, 0.5) is 5.69 Å². The summed E-state index contributed by atoms with van der Waals surface area (Å²) in [6.45, 7) is 2.35. The third-order valence-electron chi connectivity index (χ3n) is 3.09. The zero-order chi connectivity index (χ0) is 13.4. The zero-order valence-electron chi connectivity index (χ0n) is 10.2. The molecule has 0 bridgehead atoms. The van der Waals surface area contributed by atoms with Crippen LogP contribution in [-0.2, 0) is 11.3 Å². The lowest BCUT2D eigenvalue weighted by molar-refractivity contribution is 0.288. The van der Waals surface area contributed by atoms with E-state index in [9.17, 15) is 4.79 Å². The fraction of sp³-hybridized carbons (Fsp3) is 0.143. The van der Waals surface area contributed by atoms with Gasteiger partial charge in [0.1, 0.15) is 12.3 Å². The van der Waals surface area contributed by atoms with Gasteiger partial charge in [-0.2, -0.15) is 0 Å². The van der Waals surface area contributed by atoms with E-state index in [-0.39, 0.29) is 5.56 Å². The Morgan fingerprint density at radius 3 is 3.05 bits per heavy atom. The molecule has 1 N–H and O–H groups in total. The molecular formula is C14H11BrN2O2. The van der Waals surface area contributed by atoms with Gasteiger partial charge in [-0.15, -0.1) is 0 Å². The Bertz CT molecular complexity index is 734. The summed E-state index contributed by atoms with van der Waals surface area (Å²) in [5.41, 5.74) is 2.98. The van der Waals surface area contributed by atoms with Gasteiger partial charge in [-0.25, -0.2) is 4.99 Å². The van der Waals surface area contributed by atoms with E-state index in [2.05, 4.69) is 25.9 Å². The number of fused-ring (bicyclic) bond motifs is 1. The normalized spacial score (nSPS) is 13.5. The second-order valence-electron chi connectivity index (χ2n) is 4.30. The highest BCUT2D eigenvalue weighted by Gasteiger charge is 2.18. The van der Waals surface area contributed by atoms with Crippen molar-refractivity contribution in [2.24, 2.45) is 4.99 Å². The molecule has 1 aromatic heterocycles. The number of aromatic amines is 1. The summed E-state index contributed by atoms with van der Waals surface area (Å²) < 4.78 is 6.65. The van der Waals surface area contributed by atoms with Crippen molar-refractivity contribution in [2.45, 2.75) is 13.5 Å². The van der Waals surface area contributed by atoms with Gasteiger partial charge in [-0.05, 0) is 30.7 Å². The number of aromatic nitrogens is 1. The highest BCUT2D eigenvalue weighted by Crippen LogP contribution is 2.26. The molecule has 0 saturated heterocycles. The van der Waals surface area contributed by atoms with Crippen molar-refractivity contribution in [3.05, 3.63) is 62.0 Å². The molecule has 0 fully saturated rings. The highest BCUT2D eigenvalue weighted by atomic mass is 79.9. The molecule has 2 heterocycles. The molecular weight excluding hydrogens is 308 g/mol. The van der Waals surface area contributed by atoms with Crippen LogP contribution in [0.15, 0.2) is 44.7 Å². The maximum atomic E-state index is 11.8. The summed E-state index contributed by atoms with van der Waals surface area (Å²) in [6, 6.07) is 7.62. The summed E-state index contributed by atoms with van der Waals surface area (Å²) in [7, 11) is 0. The number of benzene rings is 1. The van der Waals surface area contributed by atoms with Crippen LogP contribution in [0.1, 0.15) is 16.7 Å². The first kappa shape index (κ1) is 12.2. The lowest BCUT2D eigenvalue weighted by atomic mass is 10.1. The van der Waals surface area contributed by atoms with E-state index >= 15 is 0 Å². The molecule has 5 heteroatoms. The van der Waals surface area contributed by atoms with Crippen molar-refractivity contribution >= 4 is 27.5 Å². The average Bonchev–Trinajstić information content (AvgIpc) is 2.42. The summed E-state index contributed by atoms with van der Waals surface area (Å²) in [4.78, 5) is 18.7. The number of halogens is 1. The number of H-pyrrole nitrogens is 1. The second-order valence-corrected chi connectivity index (χ2v) is 5.15. The van der Waals surface area contributed by atoms with Crippen molar-refractivity contribution in [1.29, 1.82) is 0 Å². The van der Waals surface area contributed by atoms with E-state index in [0.717, 1.165) is 21.2 Å². The molecule has 1 aliphatic heterocycles. The first-order valence-corrected chi connectivity index (χ1v) is 6.63. The van der Waals surface area contributed by atoms with Crippen molar-refractivity contribution < 1.29 is 4.74 Å². The standard InChI is InChI=1S/C14H11BrN2O2/c1-8-10(3-2-4-11(8)15)14-17-12-9(7-19-14)5-6-16-13(12)18/h2-6H,7H2,1H3,(H,16,18). The van der Waals surface area contributed by atoms with Crippen LogP contribution >= 0.6 is 15.9 Å². The SMILES string of the molecule is Cc1c(Br)cccc1C1=Nc2c(cc[nH]c2=O)CO1. The van der Waals surface area contributed by atoms with E-state index in [0.29, 0.717) is 18.2 Å².